The number of carbonyl (C=O) groups excluding carboxylic acids is 1. The Kier molecular flexibility index (Phi) is 4.57. The highest BCUT2D eigenvalue weighted by Crippen LogP contribution is 2.20. The number of anilines is 1. The number of hydrogen-bond donors (Lipinski definition) is 1. The fourth-order valence-corrected chi connectivity index (χ4v) is 2.35. The van der Waals surface area contributed by atoms with E-state index in [0.29, 0.717) is 5.69 Å². The van der Waals surface area contributed by atoms with E-state index in [1.165, 1.54) is 16.8 Å². The maximum Gasteiger partial charge on any atom is 0.276 e. The van der Waals surface area contributed by atoms with Gasteiger partial charge in [-0.15, -0.1) is 0 Å². The molecule has 0 atom stereocenters. The number of rotatable bonds is 3. The van der Waals surface area contributed by atoms with E-state index in [1.54, 1.807) is 0 Å². The van der Waals surface area contributed by atoms with Gasteiger partial charge in [-0.05, 0) is 50.6 Å². The second kappa shape index (κ2) is 6.22. The molecule has 0 aliphatic carbocycles. The van der Waals surface area contributed by atoms with E-state index < -0.39 is 0 Å². The van der Waals surface area contributed by atoms with E-state index in [1.807, 2.05) is 39.0 Å². The van der Waals surface area contributed by atoms with Gasteiger partial charge in [0.1, 0.15) is 5.69 Å². The van der Waals surface area contributed by atoms with Crippen molar-refractivity contribution in [2.75, 3.05) is 5.32 Å². The number of amides is 1. The zero-order valence-electron chi connectivity index (χ0n) is 12.1. The number of hydrogen-bond acceptors (Lipinski definition) is 3. The van der Waals surface area contributed by atoms with Crippen molar-refractivity contribution in [3.63, 3.8) is 0 Å². The fourth-order valence-electron chi connectivity index (χ4n) is 1.87. The Bertz CT molecular complexity index is 738. The van der Waals surface area contributed by atoms with Crippen LogP contribution in [-0.2, 0) is 0 Å². The molecule has 0 aliphatic heterocycles. The molecule has 6 heteroatoms. The molecule has 2 rings (SSSR count). The molecule has 0 radical (unpaired) electrons. The van der Waals surface area contributed by atoms with E-state index >= 15 is 0 Å². The molecule has 0 unspecified atom stereocenters. The van der Waals surface area contributed by atoms with E-state index in [4.69, 9.17) is 0 Å². The average Bonchev–Trinajstić information content (AvgIpc) is 2.42. The van der Waals surface area contributed by atoms with Gasteiger partial charge in [-0.1, -0.05) is 15.9 Å². The van der Waals surface area contributed by atoms with Gasteiger partial charge in [-0.3, -0.25) is 9.59 Å². The van der Waals surface area contributed by atoms with Crippen LogP contribution in [0.1, 0.15) is 35.9 Å². The molecule has 0 saturated heterocycles. The van der Waals surface area contributed by atoms with Crippen LogP contribution < -0.4 is 10.9 Å². The van der Waals surface area contributed by atoms with Crippen LogP contribution in [0.15, 0.2) is 39.6 Å². The number of benzene rings is 1. The SMILES string of the molecule is Cc1cc(Br)ccc1NC(=O)c1ccc(=O)n(C(C)C)n1. The van der Waals surface area contributed by atoms with Gasteiger partial charge >= 0.3 is 0 Å². The second-order valence-electron chi connectivity index (χ2n) is 5.01. The van der Waals surface area contributed by atoms with Crippen molar-refractivity contribution in [1.82, 2.24) is 9.78 Å². The van der Waals surface area contributed by atoms with Crippen LogP contribution in [-0.4, -0.2) is 15.7 Å². The molecule has 1 aromatic carbocycles. The molecule has 1 N–H and O–H groups in total. The Balaban J connectivity index is 2.28. The van der Waals surface area contributed by atoms with Gasteiger partial charge in [0, 0.05) is 16.2 Å². The number of carbonyl (C=O) groups is 1. The minimum atomic E-state index is -0.338. The molecule has 2 aromatic rings. The highest BCUT2D eigenvalue weighted by atomic mass is 79.9. The summed E-state index contributed by atoms with van der Waals surface area (Å²) in [5.41, 5.74) is 1.65. The first-order chi connectivity index (χ1) is 9.88. The molecule has 21 heavy (non-hydrogen) atoms. The molecule has 0 bridgehead atoms. The predicted molar refractivity (Wildman–Crippen MR) is 85.7 cm³/mol. The highest BCUT2D eigenvalue weighted by Gasteiger charge is 2.12. The lowest BCUT2D eigenvalue weighted by molar-refractivity contribution is 0.101. The lowest BCUT2D eigenvalue weighted by Crippen LogP contribution is -2.27. The van der Waals surface area contributed by atoms with Gasteiger partial charge in [0.25, 0.3) is 11.5 Å². The van der Waals surface area contributed by atoms with Crippen molar-refractivity contribution in [3.8, 4) is 0 Å². The number of nitrogens with zero attached hydrogens (tertiary/aromatic N) is 2. The summed E-state index contributed by atoms with van der Waals surface area (Å²) in [4.78, 5) is 23.9. The van der Waals surface area contributed by atoms with Crippen LogP contribution in [0, 0.1) is 6.92 Å². The first-order valence-electron chi connectivity index (χ1n) is 6.56. The molecule has 0 saturated carbocycles. The van der Waals surface area contributed by atoms with Crippen LogP contribution in [0.5, 0.6) is 0 Å². The largest absolute Gasteiger partial charge is 0.320 e. The Hall–Kier alpha value is -1.95. The lowest BCUT2D eigenvalue weighted by Gasteiger charge is -2.11. The summed E-state index contributed by atoms with van der Waals surface area (Å²) in [5, 5.41) is 6.90. The summed E-state index contributed by atoms with van der Waals surface area (Å²) in [7, 11) is 0. The van der Waals surface area contributed by atoms with Crippen molar-refractivity contribution in [3.05, 3.63) is 56.4 Å². The Morgan fingerprint density at radius 2 is 2.00 bits per heavy atom. The fraction of sp³-hybridized carbons (Fsp3) is 0.267. The van der Waals surface area contributed by atoms with Crippen molar-refractivity contribution in [1.29, 1.82) is 0 Å². The van der Waals surface area contributed by atoms with Crippen LogP contribution in [0.2, 0.25) is 0 Å². The first kappa shape index (κ1) is 15.4. The molecule has 5 nitrogen and oxygen atoms in total. The van der Waals surface area contributed by atoms with Crippen molar-refractivity contribution in [2.45, 2.75) is 26.8 Å². The Morgan fingerprint density at radius 1 is 1.29 bits per heavy atom. The van der Waals surface area contributed by atoms with E-state index in [9.17, 15) is 9.59 Å². The highest BCUT2D eigenvalue weighted by molar-refractivity contribution is 9.10. The minimum Gasteiger partial charge on any atom is -0.320 e. The second-order valence-corrected chi connectivity index (χ2v) is 5.92. The maximum absolute atomic E-state index is 12.2. The number of aromatic nitrogens is 2. The van der Waals surface area contributed by atoms with Crippen LogP contribution >= 0.6 is 15.9 Å². The third-order valence-corrected chi connectivity index (χ3v) is 3.48. The Morgan fingerprint density at radius 3 is 2.62 bits per heavy atom. The molecule has 0 spiro atoms. The van der Waals surface area contributed by atoms with Crippen molar-refractivity contribution in [2.24, 2.45) is 0 Å². The van der Waals surface area contributed by atoms with E-state index in [0.717, 1.165) is 10.0 Å². The molecular formula is C15H16BrN3O2. The zero-order chi connectivity index (χ0) is 15.6. The van der Waals surface area contributed by atoms with Crippen molar-refractivity contribution < 1.29 is 4.79 Å². The van der Waals surface area contributed by atoms with Crippen molar-refractivity contribution >= 4 is 27.5 Å². The van der Waals surface area contributed by atoms with E-state index in [2.05, 4.69) is 26.3 Å². The average molecular weight is 350 g/mol. The maximum atomic E-state index is 12.2. The summed E-state index contributed by atoms with van der Waals surface area (Å²) in [6, 6.07) is 8.28. The summed E-state index contributed by atoms with van der Waals surface area (Å²) >= 11 is 3.38. The van der Waals surface area contributed by atoms with Gasteiger partial charge in [0.05, 0.1) is 6.04 Å². The predicted octanol–water partition coefficient (Wildman–Crippen LogP) is 3.15. The number of aryl methyl sites for hydroxylation is 1. The zero-order valence-corrected chi connectivity index (χ0v) is 13.6. The monoisotopic (exact) mass is 349 g/mol. The molecule has 0 fully saturated rings. The van der Waals surface area contributed by atoms with Gasteiger partial charge in [0.15, 0.2) is 0 Å². The summed E-state index contributed by atoms with van der Waals surface area (Å²) in [6.45, 7) is 5.59. The Labute approximate surface area is 131 Å². The summed E-state index contributed by atoms with van der Waals surface area (Å²) in [6.07, 6.45) is 0. The summed E-state index contributed by atoms with van der Waals surface area (Å²) in [5.74, 6) is -0.338. The van der Waals surface area contributed by atoms with Gasteiger partial charge < -0.3 is 5.32 Å². The van der Waals surface area contributed by atoms with Gasteiger partial charge in [0.2, 0.25) is 0 Å². The van der Waals surface area contributed by atoms with Gasteiger partial charge in [-0.25, -0.2) is 4.68 Å². The third-order valence-electron chi connectivity index (χ3n) is 2.98. The molecule has 110 valence electrons. The smallest absolute Gasteiger partial charge is 0.276 e. The normalized spacial score (nSPS) is 10.7. The molecule has 1 aromatic heterocycles. The van der Waals surface area contributed by atoms with Crippen LogP contribution in [0.3, 0.4) is 0 Å². The topological polar surface area (TPSA) is 64.0 Å². The van der Waals surface area contributed by atoms with E-state index in [-0.39, 0.29) is 23.2 Å². The first-order valence-corrected chi connectivity index (χ1v) is 7.35. The number of nitrogens with one attached hydrogen (secondary N) is 1. The molecule has 0 aliphatic rings. The minimum absolute atomic E-state index is 0.0975. The number of halogens is 1. The third kappa shape index (κ3) is 3.58. The quantitative estimate of drug-likeness (QED) is 0.925. The van der Waals surface area contributed by atoms with Crippen LogP contribution in [0.4, 0.5) is 5.69 Å². The molecule has 1 amide bonds. The van der Waals surface area contributed by atoms with Crippen LogP contribution in [0.25, 0.3) is 0 Å². The van der Waals surface area contributed by atoms with Gasteiger partial charge in [-0.2, -0.15) is 5.10 Å². The standard InChI is InChI=1S/C15H16BrN3O2/c1-9(2)19-14(20)7-6-13(18-19)15(21)17-12-5-4-11(16)8-10(12)3/h4-9H,1-3H3,(H,17,21). The molecular weight excluding hydrogens is 334 g/mol. The summed E-state index contributed by atoms with van der Waals surface area (Å²) < 4.78 is 2.24. The lowest BCUT2D eigenvalue weighted by atomic mass is 10.2. The molecule has 1 heterocycles.